The first-order valence-corrected chi connectivity index (χ1v) is 7.52. The molecule has 2 rings (SSSR count). The number of halogens is 1. The standard InChI is InChI=1S/C18H21FN4/c1-5-14-11-17(19)13(4)21-18(14)22-15(6-2)12-16(7-3)23-10-8-9-20-23/h5,7-12H,1,6H2,2-4H3,(H,21,22)/b15-12+,16-7+. The molecule has 0 aromatic carbocycles. The fourth-order valence-electron chi connectivity index (χ4n) is 2.11. The van der Waals surface area contributed by atoms with Crippen LogP contribution in [-0.2, 0) is 0 Å². The molecule has 2 aromatic rings. The van der Waals surface area contributed by atoms with Crippen molar-refractivity contribution in [2.45, 2.75) is 27.2 Å². The second-order valence-corrected chi connectivity index (χ2v) is 5.01. The lowest BCUT2D eigenvalue weighted by molar-refractivity contribution is 0.610. The summed E-state index contributed by atoms with van der Waals surface area (Å²) in [6.45, 7) is 9.36. The number of hydrogen-bond acceptors (Lipinski definition) is 3. The number of anilines is 1. The van der Waals surface area contributed by atoms with Crippen molar-refractivity contribution in [1.29, 1.82) is 0 Å². The molecule has 0 radical (unpaired) electrons. The Morgan fingerprint density at radius 1 is 1.48 bits per heavy atom. The first-order valence-electron chi connectivity index (χ1n) is 7.52. The van der Waals surface area contributed by atoms with Crippen molar-refractivity contribution in [2.75, 3.05) is 5.32 Å². The zero-order valence-corrected chi connectivity index (χ0v) is 13.7. The van der Waals surface area contributed by atoms with Gasteiger partial charge in [0.1, 0.15) is 11.6 Å². The maximum absolute atomic E-state index is 13.6. The summed E-state index contributed by atoms with van der Waals surface area (Å²) < 4.78 is 15.4. The van der Waals surface area contributed by atoms with E-state index in [-0.39, 0.29) is 5.82 Å². The molecule has 0 spiro atoms. The SMILES string of the molecule is C=Cc1cc(F)c(C)nc1N/C(=C/C(=C\C)n1cccn1)CC. The number of aryl methyl sites for hydroxylation is 1. The van der Waals surface area contributed by atoms with Crippen molar-refractivity contribution in [3.63, 3.8) is 0 Å². The van der Waals surface area contributed by atoms with E-state index in [4.69, 9.17) is 0 Å². The Morgan fingerprint density at radius 3 is 2.83 bits per heavy atom. The fourth-order valence-corrected chi connectivity index (χ4v) is 2.11. The second kappa shape index (κ2) is 7.54. The van der Waals surface area contributed by atoms with Crippen molar-refractivity contribution in [3.8, 4) is 0 Å². The summed E-state index contributed by atoms with van der Waals surface area (Å²) in [5, 5.41) is 7.51. The van der Waals surface area contributed by atoms with E-state index in [1.807, 2.05) is 38.3 Å². The highest BCUT2D eigenvalue weighted by Gasteiger charge is 2.08. The molecule has 0 aliphatic rings. The quantitative estimate of drug-likeness (QED) is 0.790. The van der Waals surface area contributed by atoms with Crippen LogP contribution in [0.5, 0.6) is 0 Å². The van der Waals surface area contributed by atoms with Crippen molar-refractivity contribution in [3.05, 3.63) is 66.0 Å². The summed E-state index contributed by atoms with van der Waals surface area (Å²) in [5.74, 6) is 0.265. The molecule has 5 heteroatoms. The van der Waals surface area contributed by atoms with E-state index in [9.17, 15) is 4.39 Å². The zero-order valence-electron chi connectivity index (χ0n) is 13.7. The maximum Gasteiger partial charge on any atom is 0.145 e. The topological polar surface area (TPSA) is 42.7 Å². The molecule has 0 bridgehead atoms. The first kappa shape index (κ1) is 16.7. The van der Waals surface area contributed by atoms with Gasteiger partial charge in [0.2, 0.25) is 0 Å². The Labute approximate surface area is 136 Å². The normalized spacial score (nSPS) is 12.3. The smallest absolute Gasteiger partial charge is 0.145 e. The van der Waals surface area contributed by atoms with Crippen LogP contribution in [0.2, 0.25) is 0 Å². The molecule has 2 heterocycles. The fraction of sp³-hybridized carbons (Fsp3) is 0.222. The van der Waals surface area contributed by atoms with Crippen LogP contribution < -0.4 is 5.32 Å². The Balaban J connectivity index is 2.34. The summed E-state index contributed by atoms with van der Waals surface area (Å²) >= 11 is 0. The van der Waals surface area contributed by atoms with Crippen molar-refractivity contribution < 1.29 is 4.39 Å². The summed E-state index contributed by atoms with van der Waals surface area (Å²) in [5.41, 5.74) is 2.88. The summed E-state index contributed by atoms with van der Waals surface area (Å²) in [7, 11) is 0. The highest BCUT2D eigenvalue weighted by Crippen LogP contribution is 2.21. The molecule has 0 saturated heterocycles. The van der Waals surface area contributed by atoms with Gasteiger partial charge in [-0.15, -0.1) is 0 Å². The Kier molecular flexibility index (Phi) is 5.46. The molecule has 4 nitrogen and oxygen atoms in total. The molecular weight excluding hydrogens is 291 g/mol. The summed E-state index contributed by atoms with van der Waals surface area (Å²) in [6.07, 6.45) is 9.95. The van der Waals surface area contributed by atoms with E-state index in [0.717, 1.165) is 17.8 Å². The van der Waals surface area contributed by atoms with Gasteiger partial charge in [-0.25, -0.2) is 14.1 Å². The predicted octanol–water partition coefficient (Wildman–Crippen LogP) is 4.64. The number of hydrogen-bond donors (Lipinski definition) is 1. The van der Waals surface area contributed by atoms with E-state index in [0.29, 0.717) is 17.1 Å². The molecular formula is C18H21FN4. The van der Waals surface area contributed by atoms with Gasteiger partial charge in [-0.1, -0.05) is 25.7 Å². The van der Waals surface area contributed by atoms with Crippen LogP contribution in [0.15, 0.2) is 49.0 Å². The van der Waals surface area contributed by atoms with Gasteiger partial charge in [0, 0.05) is 23.7 Å². The van der Waals surface area contributed by atoms with E-state index in [2.05, 4.69) is 22.0 Å². The molecule has 0 unspecified atom stereocenters. The Morgan fingerprint density at radius 2 is 2.26 bits per heavy atom. The number of allylic oxidation sites excluding steroid dienone is 4. The van der Waals surface area contributed by atoms with Crippen molar-refractivity contribution in [2.24, 2.45) is 0 Å². The van der Waals surface area contributed by atoms with Crippen molar-refractivity contribution in [1.82, 2.24) is 14.8 Å². The molecule has 0 saturated carbocycles. The Bertz CT molecular complexity index is 743. The molecule has 1 N–H and O–H groups in total. The summed E-state index contributed by atoms with van der Waals surface area (Å²) in [6, 6.07) is 3.31. The molecule has 23 heavy (non-hydrogen) atoms. The van der Waals surface area contributed by atoms with Gasteiger partial charge in [0.15, 0.2) is 0 Å². The predicted molar refractivity (Wildman–Crippen MR) is 93.2 cm³/mol. The molecule has 0 atom stereocenters. The number of nitrogens with one attached hydrogen (secondary N) is 1. The third-order valence-electron chi connectivity index (χ3n) is 3.45. The highest BCUT2D eigenvalue weighted by atomic mass is 19.1. The lowest BCUT2D eigenvalue weighted by atomic mass is 10.2. The Hall–Kier alpha value is -2.69. The molecule has 0 amide bonds. The van der Waals surface area contributed by atoms with Gasteiger partial charge in [0.25, 0.3) is 0 Å². The van der Waals surface area contributed by atoms with Gasteiger partial charge in [0.05, 0.1) is 11.4 Å². The van der Waals surface area contributed by atoms with Gasteiger partial charge in [-0.05, 0) is 38.5 Å². The van der Waals surface area contributed by atoms with Crippen molar-refractivity contribution >= 4 is 17.6 Å². The van der Waals surface area contributed by atoms with Crippen LogP contribution in [0, 0.1) is 12.7 Å². The third-order valence-corrected chi connectivity index (χ3v) is 3.45. The van der Waals surface area contributed by atoms with Crippen LogP contribution in [0.1, 0.15) is 31.5 Å². The number of rotatable bonds is 6. The van der Waals surface area contributed by atoms with E-state index < -0.39 is 0 Å². The van der Waals surface area contributed by atoms with Crippen LogP contribution in [0.4, 0.5) is 10.2 Å². The van der Waals surface area contributed by atoms with E-state index in [1.54, 1.807) is 23.9 Å². The maximum atomic E-state index is 13.6. The van der Waals surface area contributed by atoms with E-state index in [1.165, 1.54) is 6.07 Å². The number of nitrogens with zero attached hydrogens (tertiary/aromatic N) is 3. The van der Waals surface area contributed by atoms with Gasteiger partial charge in [-0.2, -0.15) is 5.10 Å². The molecule has 0 aliphatic heterocycles. The van der Waals surface area contributed by atoms with Gasteiger partial charge < -0.3 is 5.32 Å². The van der Waals surface area contributed by atoms with Gasteiger partial charge >= 0.3 is 0 Å². The largest absolute Gasteiger partial charge is 0.343 e. The van der Waals surface area contributed by atoms with Crippen LogP contribution >= 0.6 is 0 Å². The first-order chi connectivity index (χ1) is 11.1. The minimum absolute atomic E-state index is 0.335. The van der Waals surface area contributed by atoms with Crippen LogP contribution in [0.25, 0.3) is 11.8 Å². The average Bonchev–Trinajstić information content (AvgIpc) is 3.08. The zero-order chi connectivity index (χ0) is 16.8. The lowest BCUT2D eigenvalue weighted by Gasteiger charge is -2.13. The van der Waals surface area contributed by atoms with Crippen LogP contribution in [-0.4, -0.2) is 14.8 Å². The summed E-state index contributed by atoms with van der Waals surface area (Å²) in [4.78, 5) is 4.29. The second-order valence-electron chi connectivity index (χ2n) is 5.01. The molecule has 2 aromatic heterocycles. The average molecular weight is 312 g/mol. The minimum atomic E-state index is -0.335. The minimum Gasteiger partial charge on any atom is -0.343 e. The van der Waals surface area contributed by atoms with E-state index >= 15 is 0 Å². The molecule has 0 fully saturated rings. The monoisotopic (exact) mass is 312 g/mol. The van der Waals surface area contributed by atoms with Gasteiger partial charge in [-0.3, -0.25) is 0 Å². The van der Waals surface area contributed by atoms with Crippen LogP contribution in [0.3, 0.4) is 0 Å². The lowest BCUT2D eigenvalue weighted by Crippen LogP contribution is -2.06. The number of pyridine rings is 1. The molecule has 0 aliphatic carbocycles. The number of aromatic nitrogens is 3. The highest BCUT2D eigenvalue weighted by molar-refractivity contribution is 5.66. The molecule has 120 valence electrons. The third kappa shape index (κ3) is 3.94.